The Kier molecular flexibility index (Phi) is 4.67. The lowest BCUT2D eigenvalue weighted by atomic mass is 10.3. The summed E-state index contributed by atoms with van der Waals surface area (Å²) in [5.41, 5.74) is 0.641. The number of hydrogen-bond donors (Lipinski definition) is 0. The van der Waals surface area contributed by atoms with Gasteiger partial charge in [0.2, 0.25) is 0 Å². The van der Waals surface area contributed by atoms with Gasteiger partial charge in [-0.2, -0.15) is 0 Å². The van der Waals surface area contributed by atoms with Crippen LogP contribution in [0.3, 0.4) is 0 Å². The van der Waals surface area contributed by atoms with Crippen LogP contribution >= 0.6 is 22.6 Å². The summed E-state index contributed by atoms with van der Waals surface area (Å²) in [6.45, 7) is 3.05. The smallest absolute Gasteiger partial charge is 0.264 e. The molecule has 0 radical (unpaired) electrons. The maximum Gasteiger partial charge on any atom is 0.264 e. The highest BCUT2D eigenvalue weighted by molar-refractivity contribution is 14.1. The zero-order valence-corrected chi connectivity index (χ0v) is 15.5. The third-order valence-corrected chi connectivity index (χ3v) is 6.12. The molecule has 5 nitrogen and oxygen atoms in total. The molecule has 3 rings (SSSR count). The van der Waals surface area contributed by atoms with E-state index in [9.17, 15) is 8.42 Å². The van der Waals surface area contributed by atoms with Crippen LogP contribution in [0.25, 0.3) is 0 Å². The summed E-state index contributed by atoms with van der Waals surface area (Å²) in [6, 6.07) is 12.1. The first-order valence-electron chi connectivity index (χ1n) is 7.20. The number of benzene rings is 2. The predicted octanol–water partition coefficient (Wildman–Crippen LogP) is 3.28. The molecule has 0 saturated heterocycles. The Labute approximate surface area is 149 Å². The van der Waals surface area contributed by atoms with E-state index < -0.39 is 10.0 Å². The summed E-state index contributed by atoms with van der Waals surface area (Å²) in [5.74, 6) is 1.04. The lowest BCUT2D eigenvalue weighted by Gasteiger charge is -2.24. The van der Waals surface area contributed by atoms with E-state index in [1.165, 1.54) is 10.4 Å². The van der Waals surface area contributed by atoms with E-state index in [4.69, 9.17) is 9.47 Å². The van der Waals surface area contributed by atoms with E-state index in [-0.39, 0.29) is 4.90 Å². The summed E-state index contributed by atoms with van der Waals surface area (Å²) < 4.78 is 39.3. The van der Waals surface area contributed by atoms with Crippen molar-refractivity contribution in [2.24, 2.45) is 0 Å². The molecule has 122 valence electrons. The van der Waals surface area contributed by atoms with Gasteiger partial charge in [0, 0.05) is 16.2 Å². The normalized spacial score (nSPS) is 13.7. The Hall–Kier alpha value is -1.48. The van der Waals surface area contributed by atoms with Crippen molar-refractivity contribution >= 4 is 38.3 Å². The fourth-order valence-corrected chi connectivity index (χ4v) is 4.26. The van der Waals surface area contributed by atoms with E-state index in [1.807, 2.05) is 19.1 Å². The number of ether oxygens (including phenoxy) is 2. The molecule has 0 aliphatic carbocycles. The summed E-state index contributed by atoms with van der Waals surface area (Å²) in [7, 11) is -3.66. The molecule has 0 atom stereocenters. The van der Waals surface area contributed by atoms with Gasteiger partial charge in [-0.05, 0) is 65.9 Å². The van der Waals surface area contributed by atoms with Crippen LogP contribution < -0.4 is 13.8 Å². The van der Waals surface area contributed by atoms with Crippen LogP contribution in [0.5, 0.6) is 11.5 Å². The zero-order valence-electron chi connectivity index (χ0n) is 12.5. The zero-order chi connectivity index (χ0) is 16.4. The lowest BCUT2D eigenvalue weighted by molar-refractivity contribution is 0.171. The Morgan fingerprint density at radius 3 is 2.35 bits per heavy atom. The number of rotatable bonds is 4. The number of anilines is 1. The number of hydrogen-bond acceptors (Lipinski definition) is 4. The van der Waals surface area contributed by atoms with E-state index in [0.29, 0.717) is 36.9 Å². The fraction of sp³-hybridized carbons (Fsp3) is 0.250. The monoisotopic (exact) mass is 445 g/mol. The molecule has 0 saturated carbocycles. The summed E-state index contributed by atoms with van der Waals surface area (Å²) in [5, 5.41) is 0. The fourth-order valence-electron chi connectivity index (χ4n) is 2.41. The van der Waals surface area contributed by atoms with Crippen molar-refractivity contribution in [3.63, 3.8) is 0 Å². The van der Waals surface area contributed by atoms with E-state index in [2.05, 4.69) is 22.6 Å². The SMILES string of the molecule is CCN(c1ccc(I)cc1)S(=O)(=O)c1ccc2c(c1)OCCO2. The summed E-state index contributed by atoms with van der Waals surface area (Å²) >= 11 is 2.19. The minimum Gasteiger partial charge on any atom is -0.486 e. The first-order chi connectivity index (χ1) is 11.0. The lowest BCUT2D eigenvalue weighted by Crippen LogP contribution is -2.30. The van der Waals surface area contributed by atoms with Crippen molar-refractivity contribution in [1.82, 2.24) is 0 Å². The second-order valence-corrected chi connectivity index (χ2v) is 8.06. The minimum atomic E-state index is -3.66. The van der Waals surface area contributed by atoms with Crippen molar-refractivity contribution < 1.29 is 17.9 Å². The molecule has 0 spiro atoms. The number of nitrogens with zero attached hydrogens (tertiary/aromatic N) is 1. The van der Waals surface area contributed by atoms with Gasteiger partial charge in [0.1, 0.15) is 13.2 Å². The average molecular weight is 445 g/mol. The van der Waals surface area contributed by atoms with Crippen LogP contribution in [-0.4, -0.2) is 28.2 Å². The van der Waals surface area contributed by atoms with Crippen molar-refractivity contribution in [2.75, 3.05) is 24.1 Å². The molecule has 7 heteroatoms. The molecular formula is C16H16INO4S. The number of halogens is 1. The molecule has 0 N–H and O–H groups in total. The number of sulfonamides is 1. The highest BCUT2D eigenvalue weighted by atomic mass is 127. The third kappa shape index (κ3) is 3.25. The van der Waals surface area contributed by atoms with Crippen LogP contribution in [-0.2, 0) is 10.0 Å². The average Bonchev–Trinajstić information content (AvgIpc) is 2.56. The van der Waals surface area contributed by atoms with Gasteiger partial charge in [0.15, 0.2) is 11.5 Å². The molecule has 1 heterocycles. The van der Waals surface area contributed by atoms with Gasteiger partial charge in [0.05, 0.1) is 10.6 Å². The van der Waals surface area contributed by atoms with Crippen LogP contribution in [0.15, 0.2) is 47.4 Å². The minimum absolute atomic E-state index is 0.196. The van der Waals surface area contributed by atoms with Crippen LogP contribution in [0.1, 0.15) is 6.92 Å². The van der Waals surface area contributed by atoms with Crippen molar-refractivity contribution in [3.8, 4) is 11.5 Å². The maximum atomic E-state index is 13.0. The van der Waals surface area contributed by atoms with Gasteiger partial charge in [-0.15, -0.1) is 0 Å². The molecule has 0 unspecified atom stereocenters. The summed E-state index contributed by atoms with van der Waals surface area (Å²) in [4.78, 5) is 0.196. The highest BCUT2D eigenvalue weighted by Gasteiger charge is 2.25. The Morgan fingerprint density at radius 1 is 1.04 bits per heavy atom. The second-order valence-electron chi connectivity index (χ2n) is 4.95. The molecule has 1 aliphatic heterocycles. The van der Waals surface area contributed by atoms with Crippen LogP contribution in [0.2, 0.25) is 0 Å². The van der Waals surface area contributed by atoms with Crippen LogP contribution in [0, 0.1) is 3.57 Å². The summed E-state index contributed by atoms with van der Waals surface area (Å²) in [6.07, 6.45) is 0. The van der Waals surface area contributed by atoms with Gasteiger partial charge in [-0.3, -0.25) is 4.31 Å². The van der Waals surface area contributed by atoms with Crippen molar-refractivity contribution in [3.05, 3.63) is 46.0 Å². The topological polar surface area (TPSA) is 55.8 Å². The predicted molar refractivity (Wildman–Crippen MR) is 96.8 cm³/mol. The van der Waals surface area contributed by atoms with Gasteiger partial charge >= 0.3 is 0 Å². The van der Waals surface area contributed by atoms with Gasteiger partial charge in [-0.1, -0.05) is 0 Å². The molecule has 2 aromatic rings. The largest absolute Gasteiger partial charge is 0.486 e. The maximum absolute atomic E-state index is 13.0. The van der Waals surface area contributed by atoms with Gasteiger partial charge in [0.25, 0.3) is 10.0 Å². The third-order valence-electron chi connectivity index (χ3n) is 3.50. The Morgan fingerprint density at radius 2 is 1.70 bits per heavy atom. The second kappa shape index (κ2) is 6.56. The van der Waals surface area contributed by atoms with Gasteiger partial charge < -0.3 is 9.47 Å². The van der Waals surface area contributed by atoms with E-state index in [0.717, 1.165) is 3.57 Å². The van der Waals surface area contributed by atoms with Crippen molar-refractivity contribution in [2.45, 2.75) is 11.8 Å². The first-order valence-corrected chi connectivity index (χ1v) is 9.72. The van der Waals surface area contributed by atoms with E-state index >= 15 is 0 Å². The van der Waals surface area contributed by atoms with Gasteiger partial charge in [-0.25, -0.2) is 8.42 Å². The highest BCUT2D eigenvalue weighted by Crippen LogP contribution is 2.34. The molecule has 0 bridgehead atoms. The first kappa shape index (κ1) is 16.4. The molecule has 0 fully saturated rings. The molecule has 0 amide bonds. The number of fused-ring (bicyclic) bond motifs is 1. The van der Waals surface area contributed by atoms with E-state index in [1.54, 1.807) is 24.3 Å². The van der Waals surface area contributed by atoms with Crippen molar-refractivity contribution in [1.29, 1.82) is 0 Å². The molecule has 0 aromatic heterocycles. The standard InChI is InChI=1S/C16H16INO4S/c1-2-18(13-5-3-12(17)4-6-13)23(19,20)14-7-8-15-16(11-14)22-10-9-21-15/h3-8,11H,2,9-10H2,1H3. The molecular weight excluding hydrogens is 429 g/mol. The molecule has 1 aliphatic rings. The quantitative estimate of drug-likeness (QED) is 0.679. The Bertz CT molecular complexity index is 805. The molecule has 23 heavy (non-hydrogen) atoms. The Balaban J connectivity index is 2.00. The van der Waals surface area contributed by atoms with Crippen LogP contribution in [0.4, 0.5) is 5.69 Å². The molecule has 2 aromatic carbocycles.